The molecule has 0 amide bonds. The first-order chi connectivity index (χ1) is 23.8. The standard InChI is InChI=1S/C37H68O8S4/c1-5-9-13-21-46-25-17-33(38)42-29-37(30-43-34(39)18-26-47-22-14-10-6-2,31-44-35(40)19-27-48-23-15-11-7-3)32-45-36(41)20-28-49-24-16-12-8-4/h5-32H2,1-4H3. The average Bonchev–Trinajstić information content (AvgIpc) is 3.10. The highest BCUT2D eigenvalue weighted by Gasteiger charge is 2.38. The number of esters is 4. The molecular weight excluding hydrogens is 701 g/mol. The van der Waals surface area contributed by atoms with E-state index in [1.807, 2.05) is 0 Å². The Morgan fingerprint density at radius 3 is 0.796 bits per heavy atom. The summed E-state index contributed by atoms with van der Waals surface area (Å²) in [6.07, 6.45) is 14.7. The number of ether oxygens (including phenoxy) is 4. The quantitative estimate of drug-likeness (QED) is 0.0345. The molecule has 0 bridgehead atoms. The Balaban J connectivity index is 5.47. The van der Waals surface area contributed by atoms with Crippen LogP contribution in [0, 0.1) is 5.41 Å². The third-order valence-corrected chi connectivity index (χ3v) is 11.8. The molecule has 0 radical (unpaired) electrons. The number of thioether (sulfide) groups is 4. The van der Waals surface area contributed by atoms with Crippen LogP contribution in [0.3, 0.4) is 0 Å². The third kappa shape index (κ3) is 31.7. The highest BCUT2D eigenvalue weighted by Crippen LogP contribution is 2.23. The molecule has 288 valence electrons. The van der Waals surface area contributed by atoms with Gasteiger partial charge in [-0.05, 0) is 48.7 Å². The molecule has 0 saturated heterocycles. The van der Waals surface area contributed by atoms with Gasteiger partial charge >= 0.3 is 23.9 Å². The van der Waals surface area contributed by atoms with Crippen LogP contribution >= 0.6 is 47.0 Å². The fourth-order valence-corrected chi connectivity index (χ4v) is 8.01. The van der Waals surface area contributed by atoms with Crippen LogP contribution in [-0.4, -0.2) is 96.3 Å². The van der Waals surface area contributed by atoms with Crippen molar-refractivity contribution in [1.82, 2.24) is 0 Å². The molecule has 0 aromatic rings. The van der Waals surface area contributed by atoms with Crippen molar-refractivity contribution in [3.8, 4) is 0 Å². The molecule has 0 spiro atoms. The largest absolute Gasteiger partial charge is 0.465 e. The minimum atomic E-state index is -1.21. The fourth-order valence-electron chi connectivity index (χ4n) is 4.32. The van der Waals surface area contributed by atoms with Gasteiger partial charge in [-0.25, -0.2) is 0 Å². The van der Waals surface area contributed by atoms with Crippen molar-refractivity contribution < 1.29 is 38.1 Å². The van der Waals surface area contributed by atoms with Crippen LogP contribution in [0.25, 0.3) is 0 Å². The molecule has 0 saturated carbocycles. The van der Waals surface area contributed by atoms with E-state index in [4.69, 9.17) is 18.9 Å². The van der Waals surface area contributed by atoms with E-state index in [0.29, 0.717) is 23.0 Å². The molecule has 0 aromatic heterocycles. The van der Waals surface area contributed by atoms with Crippen LogP contribution in [0.15, 0.2) is 0 Å². The summed E-state index contributed by atoms with van der Waals surface area (Å²) in [6.45, 7) is 7.88. The van der Waals surface area contributed by atoms with Crippen molar-refractivity contribution in [2.45, 2.75) is 130 Å². The second-order valence-corrected chi connectivity index (χ2v) is 17.3. The van der Waals surface area contributed by atoms with E-state index >= 15 is 0 Å². The highest BCUT2D eigenvalue weighted by molar-refractivity contribution is 7.99. The summed E-state index contributed by atoms with van der Waals surface area (Å²) < 4.78 is 22.8. The lowest BCUT2D eigenvalue weighted by atomic mass is 9.92. The van der Waals surface area contributed by atoms with Crippen molar-refractivity contribution >= 4 is 70.9 Å². The molecule has 12 heteroatoms. The number of unbranched alkanes of at least 4 members (excludes halogenated alkanes) is 8. The summed E-state index contributed by atoms with van der Waals surface area (Å²) in [6, 6.07) is 0. The Hall–Kier alpha value is -0.720. The van der Waals surface area contributed by atoms with E-state index in [-0.39, 0.29) is 76.0 Å². The Bertz CT molecular complexity index is 697. The maximum Gasteiger partial charge on any atom is 0.306 e. The predicted molar refractivity (Wildman–Crippen MR) is 212 cm³/mol. The summed E-state index contributed by atoms with van der Waals surface area (Å²) in [4.78, 5) is 51.1. The van der Waals surface area contributed by atoms with Gasteiger partial charge in [0.25, 0.3) is 0 Å². The first kappa shape index (κ1) is 48.3. The molecular formula is C37H68O8S4. The summed E-state index contributed by atoms with van der Waals surface area (Å²) in [5.41, 5.74) is -1.21. The van der Waals surface area contributed by atoms with Crippen LogP contribution in [-0.2, 0) is 38.1 Å². The van der Waals surface area contributed by atoms with E-state index < -0.39 is 5.41 Å². The molecule has 0 aliphatic rings. The molecule has 0 fully saturated rings. The van der Waals surface area contributed by atoms with Crippen molar-refractivity contribution in [2.75, 3.05) is 72.5 Å². The normalized spacial score (nSPS) is 11.3. The van der Waals surface area contributed by atoms with Gasteiger partial charge in [0, 0.05) is 23.0 Å². The summed E-state index contributed by atoms with van der Waals surface area (Å²) in [5, 5.41) is 0. The van der Waals surface area contributed by atoms with E-state index in [1.165, 1.54) is 25.7 Å². The number of carbonyl (C=O) groups excluding carboxylic acids is 4. The van der Waals surface area contributed by atoms with Crippen molar-refractivity contribution in [2.24, 2.45) is 5.41 Å². The summed E-state index contributed by atoms with van der Waals surface area (Å²) in [7, 11) is 0. The first-order valence-electron chi connectivity index (χ1n) is 18.8. The van der Waals surface area contributed by atoms with Crippen LogP contribution in [0.1, 0.15) is 130 Å². The Kier molecular flexibility index (Phi) is 35.1. The van der Waals surface area contributed by atoms with Gasteiger partial charge in [0.15, 0.2) is 0 Å². The van der Waals surface area contributed by atoms with Gasteiger partial charge in [0.05, 0.1) is 25.7 Å². The van der Waals surface area contributed by atoms with Gasteiger partial charge in [0.1, 0.15) is 31.8 Å². The van der Waals surface area contributed by atoms with Crippen molar-refractivity contribution in [1.29, 1.82) is 0 Å². The molecule has 0 heterocycles. The van der Waals surface area contributed by atoms with Gasteiger partial charge in [0.2, 0.25) is 0 Å². The zero-order chi connectivity index (χ0) is 36.3. The Labute approximate surface area is 315 Å². The molecule has 0 N–H and O–H groups in total. The minimum Gasteiger partial charge on any atom is -0.465 e. The van der Waals surface area contributed by atoms with Crippen molar-refractivity contribution in [3.05, 3.63) is 0 Å². The molecule has 8 nitrogen and oxygen atoms in total. The molecule has 0 aromatic carbocycles. The topological polar surface area (TPSA) is 105 Å². The molecule has 49 heavy (non-hydrogen) atoms. The van der Waals surface area contributed by atoms with Crippen LogP contribution in [0.4, 0.5) is 0 Å². The van der Waals surface area contributed by atoms with E-state index in [2.05, 4.69) is 27.7 Å². The molecule has 0 aliphatic heterocycles. The predicted octanol–water partition coefficient (Wildman–Crippen LogP) is 9.40. The zero-order valence-electron chi connectivity index (χ0n) is 31.2. The van der Waals surface area contributed by atoms with Crippen molar-refractivity contribution in [3.63, 3.8) is 0 Å². The van der Waals surface area contributed by atoms with Crippen LogP contribution < -0.4 is 0 Å². The second-order valence-electron chi connectivity index (χ2n) is 12.4. The Morgan fingerprint density at radius 1 is 0.367 bits per heavy atom. The minimum absolute atomic E-state index is 0.191. The van der Waals surface area contributed by atoms with Gasteiger partial charge in [-0.2, -0.15) is 47.0 Å². The lowest BCUT2D eigenvalue weighted by molar-refractivity contribution is -0.170. The van der Waals surface area contributed by atoms with Gasteiger partial charge in [-0.3, -0.25) is 19.2 Å². The van der Waals surface area contributed by atoms with Crippen LogP contribution in [0.5, 0.6) is 0 Å². The number of hydrogen-bond donors (Lipinski definition) is 0. The van der Waals surface area contributed by atoms with Gasteiger partial charge in [-0.15, -0.1) is 0 Å². The average molecular weight is 769 g/mol. The molecule has 0 atom stereocenters. The number of carbonyl (C=O) groups is 4. The summed E-state index contributed by atoms with van der Waals surface area (Å²) >= 11 is 6.89. The SMILES string of the molecule is CCCCCSCCC(=O)OCC(COC(=O)CCSCCCCC)(COC(=O)CCSCCCCC)COC(=O)CCSCCCCC. The highest BCUT2D eigenvalue weighted by atomic mass is 32.2. The molecule has 0 rings (SSSR count). The van der Waals surface area contributed by atoms with E-state index in [1.54, 1.807) is 47.0 Å². The number of hydrogen-bond acceptors (Lipinski definition) is 12. The smallest absolute Gasteiger partial charge is 0.306 e. The third-order valence-electron chi connectivity index (χ3n) is 7.53. The maximum absolute atomic E-state index is 12.8. The summed E-state index contributed by atoms with van der Waals surface area (Å²) in [5.74, 6) is 5.06. The maximum atomic E-state index is 12.8. The van der Waals surface area contributed by atoms with Gasteiger partial charge < -0.3 is 18.9 Å². The van der Waals surface area contributed by atoms with Gasteiger partial charge in [-0.1, -0.05) is 79.1 Å². The zero-order valence-corrected chi connectivity index (χ0v) is 34.5. The second kappa shape index (κ2) is 35.7. The van der Waals surface area contributed by atoms with Crippen LogP contribution in [0.2, 0.25) is 0 Å². The lowest BCUT2D eigenvalue weighted by Gasteiger charge is -2.31. The van der Waals surface area contributed by atoms with E-state index in [0.717, 1.165) is 74.4 Å². The first-order valence-corrected chi connectivity index (χ1v) is 23.4. The lowest BCUT2D eigenvalue weighted by Crippen LogP contribution is -2.44. The fraction of sp³-hybridized carbons (Fsp3) is 0.892. The molecule has 0 aliphatic carbocycles. The number of rotatable bonds is 36. The monoisotopic (exact) mass is 768 g/mol. The van der Waals surface area contributed by atoms with E-state index in [9.17, 15) is 19.2 Å². The molecule has 0 unspecified atom stereocenters. The Morgan fingerprint density at radius 2 is 0.592 bits per heavy atom.